The fraction of sp³-hybridized carbons (Fsp3) is 0.938. The molecule has 0 spiro atoms. The Hall–Kier alpha value is -1.94. The molecule has 0 saturated heterocycles. The van der Waals surface area contributed by atoms with E-state index in [1.165, 1.54) is 122 Å². The largest absolute Gasteiger partial charge is 0.472 e. The zero-order valence-corrected chi connectivity index (χ0v) is 56.0. The lowest BCUT2D eigenvalue weighted by Gasteiger charge is -2.21. The molecule has 0 rings (SSSR count). The third-order valence-electron chi connectivity index (χ3n) is 15.0. The van der Waals surface area contributed by atoms with E-state index in [1.807, 2.05) is 0 Å². The highest BCUT2D eigenvalue weighted by Gasteiger charge is 2.30. The van der Waals surface area contributed by atoms with Crippen LogP contribution in [0.25, 0.3) is 0 Å². The van der Waals surface area contributed by atoms with Crippen LogP contribution in [0.3, 0.4) is 0 Å². The van der Waals surface area contributed by atoms with E-state index >= 15 is 0 Å². The standard InChI is InChI=1S/C65H126O17P2/c1-7-9-11-13-28-37-43-49-64(69)81-60(53-75-62(67)47-41-33-12-10-8-2)55-79-83(71,72)77-51-59(66)52-78-84(73,74)80-56-61(54-76-63(68)48-42-36-31-26-23-19-21-25-30-35-40-46-58(5)6)82-65(70)50-44-38-32-27-22-18-16-14-15-17-20-24-29-34-39-45-57(3)4/h57-61,66H,7-56H2,1-6H3,(H,71,72)(H,73,74)/t59-,60+,61+/m0/s1. The van der Waals surface area contributed by atoms with Crippen molar-refractivity contribution < 1.29 is 80.2 Å². The van der Waals surface area contributed by atoms with Gasteiger partial charge in [0.05, 0.1) is 26.4 Å². The molecule has 0 radical (unpaired) electrons. The van der Waals surface area contributed by atoms with E-state index in [9.17, 15) is 43.2 Å². The quantitative estimate of drug-likeness (QED) is 0.0222. The molecule has 0 aromatic heterocycles. The van der Waals surface area contributed by atoms with Gasteiger partial charge in [-0.3, -0.25) is 37.3 Å². The number of aliphatic hydroxyl groups excluding tert-OH is 1. The molecule has 0 heterocycles. The van der Waals surface area contributed by atoms with Crippen molar-refractivity contribution in [3.05, 3.63) is 0 Å². The van der Waals surface area contributed by atoms with E-state index in [1.54, 1.807) is 0 Å². The molecule has 2 unspecified atom stereocenters. The van der Waals surface area contributed by atoms with Gasteiger partial charge in [-0.15, -0.1) is 0 Å². The van der Waals surface area contributed by atoms with Crippen LogP contribution in [0, 0.1) is 11.8 Å². The first-order valence-corrected chi connectivity index (χ1v) is 37.0. The van der Waals surface area contributed by atoms with Gasteiger partial charge in [0.25, 0.3) is 0 Å². The summed E-state index contributed by atoms with van der Waals surface area (Å²) in [6.45, 7) is 9.40. The molecule has 17 nitrogen and oxygen atoms in total. The van der Waals surface area contributed by atoms with Crippen LogP contribution in [-0.4, -0.2) is 96.7 Å². The minimum absolute atomic E-state index is 0.103. The Morgan fingerprint density at radius 2 is 0.548 bits per heavy atom. The van der Waals surface area contributed by atoms with Crippen LogP contribution >= 0.6 is 15.6 Å². The number of carbonyl (C=O) groups excluding carboxylic acids is 4. The summed E-state index contributed by atoms with van der Waals surface area (Å²) in [5, 5.41) is 10.5. The van der Waals surface area contributed by atoms with Gasteiger partial charge in [0, 0.05) is 25.7 Å². The van der Waals surface area contributed by atoms with E-state index < -0.39 is 97.5 Å². The predicted octanol–water partition coefficient (Wildman–Crippen LogP) is 18.0. The third-order valence-corrected chi connectivity index (χ3v) is 16.9. The number of hydrogen-bond acceptors (Lipinski definition) is 15. The summed E-state index contributed by atoms with van der Waals surface area (Å²) >= 11 is 0. The van der Waals surface area contributed by atoms with Gasteiger partial charge >= 0.3 is 39.5 Å². The number of carbonyl (C=O) groups is 4. The van der Waals surface area contributed by atoms with Crippen LogP contribution in [0.4, 0.5) is 0 Å². The van der Waals surface area contributed by atoms with Crippen molar-refractivity contribution in [1.29, 1.82) is 0 Å². The first kappa shape index (κ1) is 82.1. The molecule has 0 saturated carbocycles. The molecule has 0 aromatic rings. The summed E-state index contributed by atoms with van der Waals surface area (Å²) in [5.74, 6) is -0.573. The summed E-state index contributed by atoms with van der Waals surface area (Å²) in [6.07, 6.45) is 40.9. The van der Waals surface area contributed by atoms with Crippen LogP contribution in [0.1, 0.15) is 324 Å². The van der Waals surface area contributed by atoms with Gasteiger partial charge < -0.3 is 33.8 Å². The third kappa shape index (κ3) is 59.0. The summed E-state index contributed by atoms with van der Waals surface area (Å²) in [7, 11) is -9.87. The van der Waals surface area contributed by atoms with Gasteiger partial charge in [-0.25, -0.2) is 9.13 Å². The molecule has 0 aliphatic carbocycles. The lowest BCUT2D eigenvalue weighted by atomic mass is 10.0. The smallest absolute Gasteiger partial charge is 0.462 e. The summed E-state index contributed by atoms with van der Waals surface area (Å²) in [6, 6.07) is 0. The number of phosphoric ester groups is 2. The van der Waals surface area contributed by atoms with Crippen molar-refractivity contribution >= 4 is 39.5 Å². The lowest BCUT2D eigenvalue weighted by Crippen LogP contribution is -2.30. The predicted molar refractivity (Wildman–Crippen MR) is 335 cm³/mol. The number of unbranched alkanes of at least 4 members (excludes halogenated alkanes) is 34. The van der Waals surface area contributed by atoms with Gasteiger partial charge in [-0.1, -0.05) is 273 Å². The molecule has 0 fully saturated rings. The van der Waals surface area contributed by atoms with Crippen molar-refractivity contribution in [2.45, 2.75) is 342 Å². The molecule has 0 aromatic carbocycles. The molecule has 5 atom stereocenters. The normalized spacial score (nSPS) is 14.3. The van der Waals surface area contributed by atoms with Gasteiger partial charge in [0.2, 0.25) is 0 Å². The monoisotopic (exact) mass is 1240 g/mol. The van der Waals surface area contributed by atoms with Gasteiger partial charge in [-0.05, 0) is 37.5 Å². The van der Waals surface area contributed by atoms with Crippen LogP contribution in [0.2, 0.25) is 0 Å². The Balaban J connectivity index is 5.13. The number of esters is 4. The first-order chi connectivity index (χ1) is 40.4. The second kappa shape index (κ2) is 57.5. The average Bonchev–Trinajstić information content (AvgIpc) is 3.59. The summed E-state index contributed by atoms with van der Waals surface area (Å²) in [4.78, 5) is 71.9. The minimum Gasteiger partial charge on any atom is -0.462 e. The van der Waals surface area contributed by atoms with Crippen LogP contribution in [-0.2, 0) is 65.4 Å². The fourth-order valence-corrected chi connectivity index (χ4v) is 11.3. The first-order valence-electron chi connectivity index (χ1n) is 34.0. The Labute approximate surface area is 511 Å². The van der Waals surface area contributed by atoms with Gasteiger partial charge in [-0.2, -0.15) is 0 Å². The number of rotatable bonds is 64. The Bertz CT molecular complexity index is 1650. The second-order valence-electron chi connectivity index (χ2n) is 24.5. The Kier molecular flexibility index (Phi) is 56.2. The molecular weight excluding hydrogens is 1110 g/mol. The molecule has 84 heavy (non-hydrogen) atoms. The van der Waals surface area contributed by atoms with Gasteiger partial charge in [0.15, 0.2) is 12.2 Å². The average molecular weight is 1240 g/mol. The molecule has 498 valence electrons. The van der Waals surface area contributed by atoms with Crippen molar-refractivity contribution in [2.75, 3.05) is 39.6 Å². The van der Waals surface area contributed by atoms with Crippen molar-refractivity contribution in [3.8, 4) is 0 Å². The fourth-order valence-electron chi connectivity index (χ4n) is 9.71. The number of phosphoric acid groups is 2. The number of ether oxygens (including phenoxy) is 4. The topological polar surface area (TPSA) is 237 Å². The van der Waals surface area contributed by atoms with E-state index in [4.69, 9.17) is 37.0 Å². The maximum atomic E-state index is 13.0. The van der Waals surface area contributed by atoms with Crippen molar-refractivity contribution in [2.24, 2.45) is 11.8 Å². The maximum Gasteiger partial charge on any atom is 0.472 e. The highest BCUT2D eigenvalue weighted by Crippen LogP contribution is 2.45. The SMILES string of the molecule is CCCCCCCCCC(=O)O[C@H](COC(=O)CCCCCCC)COP(=O)(O)OC[C@H](O)COP(=O)(O)OC[C@@H](COC(=O)CCCCCCCCCCCCCC(C)C)OC(=O)CCCCCCCCCCCCCCCCCC(C)C. The van der Waals surface area contributed by atoms with Crippen LogP contribution < -0.4 is 0 Å². The number of hydrogen-bond donors (Lipinski definition) is 3. The molecule has 3 N–H and O–H groups in total. The summed E-state index contributed by atoms with van der Waals surface area (Å²) in [5.41, 5.74) is 0. The Morgan fingerprint density at radius 3 is 0.810 bits per heavy atom. The zero-order valence-electron chi connectivity index (χ0n) is 54.2. The molecular formula is C65H126O17P2. The molecule has 0 amide bonds. The van der Waals surface area contributed by atoms with Crippen molar-refractivity contribution in [3.63, 3.8) is 0 Å². The Morgan fingerprint density at radius 1 is 0.321 bits per heavy atom. The van der Waals surface area contributed by atoms with E-state index in [-0.39, 0.29) is 25.7 Å². The summed E-state index contributed by atoms with van der Waals surface area (Å²) < 4.78 is 67.7. The highest BCUT2D eigenvalue weighted by atomic mass is 31.2. The molecule has 0 aliphatic heterocycles. The minimum atomic E-state index is -4.94. The van der Waals surface area contributed by atoms with Gasteiger partial charge in [0.1, 0.15) is 19.3 Å². The van der Waals surface area contributed by atoms with Crippen LogP contribution in [0.5, 0.6) is 0 Å². The molecule has 0 bridgehead atoms. The lowest BCUT2D eigenvalue weighted by molar-refractivity contribution is -0.161. The molecule has 0 aliphatic rings. The van der Waals surface area contributed by atoms with E-state index in [2.05, 4.69) is 41.5 Å². The molecule has 19 heteroatoms. The zero-order chi connectivity index (χ0) is 62.2. The number of aliphatic hydroxyl groups is 1. The van der Waals surface area contributed by atoms with E-state index in [0.29, 0.717) is 25.7 Å². The van der Waals surface area contributed by atoms with E-state index in [0.717, 1.165) is 121 Å². The highest BCUT2D eigenvalue weighted by molar-refractivity contribution is 7.47. The maximum absolute atomic E-state index is 13.0. The second-order valence-corrected chi connectivity index (χ2v) is 27.4. The van der Waals surface area contributed by atoms with Crippen LogP contribution in [0.15, 0.2) is 0 Å². The van der Waals surface area contributed by atoms with Crippen molar-refractivity contribution in [1.82, 2.24) is 0 Å².